The quantitative estimate of drug-likeness (QED) is 0.744. The number of likely N-dealkylation sites (tertiary alicyclic amines) is 1. The minimum absolute atomic E-state index is 0.140. The average molecular weight is 323 g/mol. The summed E-state index contributed by atoms with van der Waals surface area (Å²) in [6.07, 6.45) is 5.91. The third-order valence-corrected chi connectivity index (χ3v) is 4.82. The van der Waals surface area contributed by atoms with Gasteiger partial charge in [0.05, 0.1) is 23.3 Å². The zero-order valence-corrected chi connectivity index (χ0v) is 14.0. The topological polar surface area (TPSA) is 56.0 Å². The maximum atomic E-state index is 12.9. The Morgan fingerprint density at radius 1 is 1.33 bits per heavy atom. The Balaban J connectivity index is 1.60. The predicted octanol–water partition coefficient (Wildman–Crippen LogP) is 2.44. The van der Waals surface area contributed by atoms with Gasteiger partial charge in [-0.25, -0.2) is 4.98 Å². The molecule has 0 N–H and O–H groups in total. The van der Waals surface area contributed by atoms with Crippen LogP contribution >= 0.6 is 0 Å². The molecule has 3 heterocycles. The van der Waals surface area contributed by atoms with Crippen molar-refractivity contribution in [3.05, 3.63) is 48.0 Å². The minimum atomic E-state index is 0.140. The van der Waals surface area contributed by atoms with Gasteiger partial charge in [-0.1, -0.05) is 12.1 Å². The van der Waals surface area contributed by atoms with E-state index in [0.717, 1.165) is 41.8 Å². The second-order valence-corrected chi connectivity index (χ2v) is 6.43. The van der Waals surface area contributed by atoms with Crippen LogP contribution in [0.5, 0.6) is 0 Å². The lowest BCUT2D eigenvalue weighted by molar-refractivity contribution is -0.132. The molecule has 6 nitrogen and oxygen atoms in total. The Kier molecular flexibility index (Phi) is 3.59. The van der Waals surface area contributed by atoms with Gasteiger partial charge in [0.2, 0.25) is 5.91 Å². The van der Waals surface area contributed by atoms with Crippen molar-refractivity contribution in [2.45, 2.75) is 32.4 Å². The first kappa shape index (κ1) is 14.9. The molecular weight excluding hydrogens is 302 g/mol. The number of fused-ring (bicyclic) bond motifs is 1. The van der Waals surface area contributed by atoms with E-state index >= 15 is 0 Å². The molecule has 0 saturated carbocycles. The SMILES string of the molecule is Cc1nc2ccccc2n1CC(=O)N1CCC[C@@H]1c1cnn(C)c1. The Morgan fingerprint density at radius 3 is 2.96 bits per heavy atom. The number of carbonyl (C=O) groups excluding carboxylic acids is 1. The first-order valence-electron chi connectivity index (χ1n) is 8.33. The summed E-state index contributed by atoms with van der Waals surface area (Å²) in [6.45, 7) is 3.10. The smallest absolute Gasteiger partial charge is 0.243 e. The highest BCUT2D eigenvalue weighted by Crippen LogP contribution is 2.32. The number of para-hydroxylation sites is 2. The number of benzene rings is 1. The van der Waals surface area contributed by atoms with E-state index in [1.807, 2.05) is 60.1 Å². The molecule has 124 valence electrons. The molecule has 1 amide bonds. The summed E-state index contributed by atoms with van der Waals surface area (Å²) in [7, 11) is 1.91. The lowest BCUT2D eigenvalue weighted by Crippen LogP contribution is -2.33. The van der Waals surface area contributed by atoms with E-state index in [1.54, 1.807) is 4.68 Å². The van der Waals surface area contributed by atoms with E-state index in [9.17, 15) is 4.79 Å². The van der Waals surface area contributed by atoms with E-state index in [4.69, 9.17) is 0 Å². The van der Waals surface area contributed by atoms with Gasteiger partial charge in [-0.05, 0) is 31.9 Å². The third kappa shape index (κ3) is 2.48. The number of carbonyl (C=O) groups is 1. The lowest BCUT2D eigenvalue weighted by atomic mass is 10.1. The molecule has 1 fully saturated rings. The third-order valence-electron chi connectivity index (χ3n) is 4.82. The molecule has 0 bridgehead atoms. The molecule has 1 aliphatic heterocycles. The highest BCUT2D eigenvalue weighted by molar-refractivity contribution is 5.81. The van der Waals surface area contributed by atoms with Crippen molar-refractivity contribution in [1.29, 1.82) is 0 Å². The van der Waals surface area contributed by atoms with Crippen molar-refractivity contribution in [1.82, 2.24) is 24.2 Å². The van der Waals surface area contributed by atoms with Gasteiger partial charge < -0.3 is 9.47 Å². The highest BCUT2D eigenvalue weighted by atomic mass is 16.2. The van der Waals surface area contributed by atoms with Gasteiger partial charge in [0.1, 0.15) is 12.4 Å². The number of hydrogen-bond acceptors (Lipinski definition) is 3. The Bertz CT molecular complexity index is 894. The van der Waals surface area contributed by atoms with Crippen LogP contribution in [-0.4, -0.2) is 36.7 Å². The van der Waals surface area contributed by atoms with E-state index in [1.165, 1.54) is 0 Å². The fourth-order valence-corrected chi connectivity index (χ4v) is 3.65. The maximum Gasteiger partial charge on any atom is 0.243 e. The van der Waals surface area contributed by atoms with Crippen molar-refractivity contribution >= 4 is 16.9 Å². The molecule has 1 atom stereocenters. The molecule has 0 spiro atoms. The fraction of sp³-hybridized carbons (Fsp3) is 0.389. The molecule has 2 aromatic heterocycles. The number of amides is 1. The van der Waals surface area contributed by atoms with Gasteiger partial charge in [0.15, 0.2) is 0 Å². The number of aromatic nitrogens is 4. The Hall–Kier alpha value is -2.63. The van der Waals surface area contributed by atoms with Crippen LogP contribution in [0.1, 0.15) is 30.3 Å². The lowest BCUT2D eigenvalue weighted by Gasteiger charge is -2.24. The van der Waals surface area contributed by atoms with Gasteiger partial charge in [0.25, 0.3) is 0 Å². The van der Waals surface area contributed by atoms with Crippen LogP contribution in [-0.2, 0) is 18.4 Å². The van der Waals surface area contributed by atoms with Crippen LogP contribution in [0.3, 0.4) is 0 Å². The number of rotatable bonds is 3. The Morgan fingerprint density at radius 2 is 2.17 bits per heavy atom. The molecule has 0 unspecified atom stereocenters. The summed E-state index contributed by atoms with van der Waals surface area (Å²) in [4.78, 5) is 19.5. The molecule has 1 aliphatic rings. The summed E-state index contributed by atoms with van der Waals surface area (Å²) in [5.41, 5.74) is 3.07. The number of aryl methyl sites for hydroxylation is 2. The second-order valence-electron chi connectivity index (χ2n) is 6.43. The van der Waals surface area contributed by atoms with Gasteiger partial charge >= 0.3 is 0 Å². The normalized spacial score (nSPS) is 17.8. The van der Waals surface area contributed by atoms with Gasteiger partial charge in [0, 0.05) is 25.4 Å². The zero-order valence-electron chi connectivity index (χ0n) is 14.0. The molecule has 0 aliphatic carbocycles. The average Bonchev–Trinajstić information content (AvgIpc) is 3.27. The summed E-state index contributed by atoms with van der Waals surface area (Å²) in [5, 5.41) is 4.25. The van der Waals surface area contributed by atoms with Crippen molar-refractivity contribution in [2.24, 2.45) is 7.05 Å². The molecular formula is C18H21N5O. The van der Waals surface area contributed by atoms with E-state index < -0.39 is 0 Å². The van der Waals surface area contributed by atoms with E-state index in [0.29, 0.717) is 6.54 Å². The van der Waals surface area contributed by atoms with Crippen LogP contribution < -0.4 is 0 Å². The molecule has 0 radical (unpaired) electrons. The Labute approximate surface area is 140 Å². The highest BCUT2D eigenvalue weighted by Gasteiger charge is 2.31. The summed E-state index contributed by atoms with van der Waals surface area (Å²) in [5.74, 6) is 1.02. The maximum absolute atomic E-state index is 12.9. The summed E-state index contributed by atoms with van der Waals surface area (Å²) >= 11 is 0. The van der Waals surface area contributed by atoms with Crippen molar-refractivity contribution in [3.63, 3.8) is 0 Å². The van der Waals surface area contributed by atoms with E-state index in [-0.39, 0.29) is 11.9 Å². The number of nitrogens with zero attached hydrogens (tertiary/aromatic N) is 5. The predicted molar refractivity (Wildman–Crippen MR) is 91.4 cm³/mol. The first-order chi connectivity index (χ1) is 11.6. The first-order valence-corrected chi connectivity index (χ1v) is 8.33. The molecule has 24 heavy (non-hydrogen) atoms. The van der Waals surface area contributed by atoms with Gasteiger partial charge in [-0.3, -0.25) is 9.48 Å². The van der Waals surface area contributed by atoms with Crippen LogP contribution in [0, 0.1) is 6.92 Å². The standard InChI is InChI=1S/C18H21N5O/c1-13-20-15-6-3-4-7-17(15)23(13)12-18(24)22-9-5-8-16(22)14-10-19-21(2)11-14/h3-4,6-7,10-11,16H,5,8-9,12H2,1-2H3/t16-/m1/s1. The largest absolute Gasteiger partial charge is 0.334 e. The summed E-state index contributed by atoms with van der Waals surface area (Å²) in [6, 6.07) is 8.10. The van der Waals surface area contributed by atoms with Crippen molar-refractivity contribution in [2.75, 3.05) is 6.54 Å². The zero-order chi connectivity index (χ0) is 16.7. The minimum Gasteiger partial charge on any atom is -0.334 e. The molecule has 1 aromatic carbocycles. The van der Waals surface area contributed by atoms with Crippen molar-refractivity contribution in [3.8, 4) is 0 Å². The number of imidazole rings is 1. The van der Waals surface area contributed by atoms with E-state index in [2.05, 4.69) is 10.1 Å². The molecule has 1 saturated heterocycles. The molecule has 4 rings (SSSR count). The van der Waals surface area contributed by atoms with Crippen LogP contribution in [0.2, 0.25) is 0 Å². The summed E-state index contributed by atoms with van der Waals surface area (Å²) < 4.78 is 3.81. The monoisotopic (exact) mass is 323 g/mol. The number of hydrogen-bond donors (Lipinski definition) is 0. The molecule has 3 aromatic rings. The fourth-order valence-electron chi connectivity index (χ4n) is 3.65. The van der Waals surface area contributed by atoms with Gasteiger partial charge in [-0.15, -0.1) is 0 Å². The van der Waals surface area contributed by atoms with Crippen LogP contribution in [0.15, 0.2) is 36.7 Å². The van der Waals surface area contributed by atoms with Crippen LogP contribution in [0.4, 0.5) is 0 Å². The van der Waals surface area contributed by atoms with Crippen LogP contribution in [0.25, 0.3) is 11.0 Å². The van der Waals surface area contributed by atoms with Crippen molar-refractivity contribution < 1.29 is 4.79 Å². The molecule has 6 heteroatoms. The van der Waals surface area contributed by atoms with Gasteiger partial charge in [-0.2, -0.15) is 5.10 Å². The second kappa shape index (κ2) is 5.78.